The summed E-state index contributed by atoms with van der Waals surface area (Å²) >= 11 is 1.07. The Bertz CT molecular complexity index is 966. The number of ether oxygens (including phenoxy) is 3. The van der Waals surface area contributed by atoms with Gasteiger partial charge in [0.2, 0.25) is 0 Å². The largest absolute Gasteiger partial charge is 0.497 e. The van der Waals surface area contributed by atoms with E-state index in [1.807, 2.05) is 18.2 Å². The minimum absolute atomic E-state index is 0.134. The summed E-state index contributed by atoms with van der Waals surface area (Å²) in [5.74, 6) is 0.392. The van der Waals surface area contributed by atoms with Crippen molar-refractivity contribution < 1.29 is 23.8 Å². The second kappa shape index (κ2) is 9.14. The number of amides is 1. The lowest BCUT2D eigenvalue weighted by atomic mass is 10.1. The lowest BCUT2D eigenvalue weighted by Gasteiger charge is -2.09. The highest BCUT2D eigenvalue weighted by atomic mass is 32.1. The molecule has 28 heavy (non-hydrogen) atoms. The summed E-state index contributed by atoms with van der Waals surface area (Å²) in [6.07, 6.45) is 0.576. The first-order valence-electron chi connectivity index (χ1n) is 8.47. The zero-order chi connectivity index (χ0) is 19.9. The first kappa shape index (κ1) is 19.6. The molecule has 0 aliphatic heterocycles. The van der Waals surface area contributed by atoms with Crippen LogP contribution in [0.3, 0.4) is 0 Å². The van der Waals surface area contributed by atoms with E-state index < -0.39 is 11.9 Å². The minimum atomic E-state index is -0.467. The van der Waals surface area contributed by atoms with Crippen LogP contribution in [0.15, 0.2) is 36.4 Å². The highest BCUT2D eigenvalue weighted by Crippen LogP contribution is 2.23. The molecule has 0 bridgehead atoms. The van der Waals surface area contributed by atoms with E-state index in [9.17, 15) is 9.59 Å². The maximum atomic E-state index is 12.1. The molecule has 2 aromatic carbocycles. The van der Waals surface area contributed by atoms with Crippen molar-refractivity contribution >= 4 is 40.3 Å². The molecule has 1 aromatic heterocycles. The van der Waals surface area contributed by atoms with Gasteiger partial charge in [0.15, 0.2) is 6.61 Å². The minimum Gasteiger partial charge on any atom is -0.497 e. The molecule has 0 aliphatic carbocycles. The molecule has 0 radical (unpaired) electrons. The third-order valence-corrected chi connectivity index (χ3v) is 4.50. The SMILES string of the molecule is COc1cc(CCC(=O)OCC(=O)Nc2cccc3nsnc23)cc(OC)c1. The van der Waals surface area contributed by atoms with Gasteiger partial charge in [0, 0.05) is 12.5 Å². The Hall–Kier alpha value is -3.20. The van der Waals surface area contributed by atoms with Gasteiger partial charge in [-0.15, -0.1) is 0 Å². The number of methoxy groups -OCH3 is 2. The molecule has 0 saturated heterocycles. The van der Waals surface area contributed by atoms with E-state index in [0.717, 1.165) is 17.3 Å². The van der Waals surface area contributed by atoms with Crippen LogP contribution in [0.4, 0.5) is 5.69 Å². The van der Waals surface area contributed by atoms with Gasteiger partial charge in [0.25, 0.3) is 5.91 Å². The smallest absolute Gasteiger partial charge is 0.306 e. The Labute approximate surface area is 165 Å². The number of esters is 1. The molecule has 9 heteroatoms. The second-order valence-electron chi connectivity index (χ2n) is 5.87. The number of hydrogen-bond donors (Lipinski definition) is 1. The summed E-state index contributed by atoms with van der Waals surface area (Å²) in [7, 11) is 3.13. The van der Waals surface area contributed by atoms with Crippen LogP contribution in [0.1, 0.15) is 12.0 Å². The van der Waals surface area contributed by atoms with Crippen LogP contribution in [0.2, 0.25) is 0 Å². The number of benzene rings is 2. The number of carbonyl (C=O) groups excluding carboxylic acids is 2. The molecular formula is C19H19N3O5S. The second-order valence-corrected chi connectivity index (χ2v) is 6.40. The fourth-order valence-corrected chi connectivity index (χ4v) is 3.12. The average molecular weight is 401 g/mol. The number of aromatic nitrogens is 2. The van der Waals surface area contributed by atoms with E-state index in [-0.39, 0.29) is 13.0 Å². The van der Waals surface area contributed by atoms with Gasteiger partial charge >= 0.3 is 5.97 Å². The summed E-state index contributed by atoms with van der Waals surface area (Å²) in [6.45, 7) is -0.367. The zero-order valence-electron chi connectivity index (χ0n) is 15.4. The van der Waals surface area contributed by atoms with E-state index >= 15 is 0 Å². The van der Waals surface area contributed by atoms with Crippen molar-refractivity contribution in [2.24, 2.45) is 0 Å². The van der Waals surface area contributed by atoms with Crippen LogP contribution >= 0.6 is 11.7 Å². The fourth-order valence-electron chi connectivity index (χ4n) is 2.57. The van der Waals surface area contributed by atoms with Crippen LogP contribution in [-0.2, 0) is 20.7 Å². The lowest BCUT2D eigenvalue weighted by molar-refractivity contribution is -0.147. The topological polar surface area (TPSA) is 99.6 Å². The summed E-state index contributed by atoms with van der Waals surface area (Å²) in [5, 5.41) is 2.69. The molecule has 146 valence electrons. The summed E-state index contributed by atoms with van der Waals surface area (Å²) in [6, 6.07) is 10.7. The number of nitrogens with zero attached hydrogens (tertiary/aromatic N) is 2. The molecule has 1 N–H and O–H groups in total. The highest BCUT2D eigenvalue weighted by molar-refractivity contribution is 7.00. The number of carbonyl (C=O) groups is 2. The van der Waals surface area contributed by atoms with Crippen molar-refractivity contribution in [2.45, 2.75) is 12.8 Å². The third kappa shape index (κ3) is 4.95. The van der Waals surface area contributed by atoms with Crippen molar-refractivity contribution in [2.75, 3.05) is 26.1 Å². The van der Waals surface area contributed by atoms with Crippen LogP contribution in [0.5, 0.6) is 11.5 Å². The molecule has 0 atom stereocenters. The number of rotatable bonds is 8. The average Bonchev–Trinajstić information content (AvgIpc) is 3.20. The van der Waals surface area contributed by atoms with Crippen molar-refractivity contribution in [3.63, 3.8) is 0 Å². The molecule has 1 amide bonds. The van der Waals surface area contributed by atoms with Crippen molar-refractivity contribution in [1.82, 2.24) is 8.75 Å². The predicted octanol–water partition coefficient (Wildman–Crippen LogP) is 2.82. The maximum absolute atomic E-state index is 12.1. The number of nitrogens with one attached hydrogen (secondary N) is 1. The first-order chi connectivity index (χ1) is 13.6. The van der Waals surface area contributed by atoms with Gasteiger partial charge in [-0.2, -0.15) is 8.75 Å². The molecule has 0 unspecified atom stereocenters. The van der Waals surface area contributed by atoms with Gasteiger partial charge in [0.1, 0.15) is 22.5 Å². The Morgan fingerprint density at radius 2 is 1.82 bits per heavy atom. The molecule has 0 fully saturated rings. The van der Waals surface area contributed by atoms with Crippen LogP contribution in [0.25, 0.3) is 11.0 Å². The van der Waals surface area contributed by atoms with E-state index in [2.05, 4.69) is 14.1 Å². The maximum Gasteiger partial charge on any atom is 0.306 e. The van der Waals surface area contributed by atoms with Crippen LogP contribution in [0, 0.1) is 0 Å². The molecule has 3 rings (SSSR count). The number of hydrogen-bond acceptors (Lipinski definition) is 8. The van der Waals surface area contributed by atoms with Gasteiger partial charge in [-0.3, -0.25) is 9.59 Å². The van der Waals surface area contributed by atoms with Crippen molar-refractivity contribution in [3.05, 3.63) is 42.0 Å². The lowest BCUT2D eigenvalue weighted by Crippen LogP contribution is -2.21. The van der Waals surface area contributed by atoms with Gasteiger partial charge in [0.05, 0.1) is 31.6 Å². The Morgan fingerprint density at radius 3 is 2.54 bits per heavy atom. The van der Waals surface area contributed by atoms with E-state index in [4.69, 9.17) is 14.2 Å². The van der Waals surface area contributed by atoms with Crippen LogP contribution < -0.4 is 14.8 Å². The summed E-state index contributed by atoms with van der Waals surface area (Å²) in [4.78, 5) is 24.0. The predicted molar refractivity (Wildman–Crippen MR) is 105 cm³/mol. The molecular weight excluding hydrogens is 382 g/mol. The van der Waals surface area contributed by atoms with Gasteiger partial charge in [-0.1, -0.05) is 6.07 Å². The summed E-state index contributed by atoms with van der Waals surface area (Å²) in [5.41, 5.74) is 2.73. The van der Waals surface area contributed by atoms with Gasteiger partial charge < -0.3 is 19.5 Å². The van der Waals surface area contributed by atoms with Crippen LogP contribution in [-0.4, -0.2) is 41.5 Å². The Morgan fingerprint density at radius 1 is 1.07 bits per heavy atom. The van der Waals surface area contributed by atoms with Gasteiger partial charge in [-0.05, 0) is 36.2 Å². The highest BCUT2D eigenvalue weighted by Gasteiger charge is 2.12. The Balaban J connectivity index is 1.49. The molecule has 0 saturated carbocycles. The molecule has 3 aromatic rings. The number of aryl methyl sites for hydroxylation is 1. The summed E-state index contributed by atoms with van der Waals surface area (Å²) < 4.78 is 23.7. The number of anilines is 1. The van der Waals surface area contributed by atoms with Crippen molar-refractivity contribution in [3.8, 4) is 11.5 Å². The zero-order valence-corrected chi connectivity index (χ0v) is 16.2. The standard InChI is InChI=1S/C19H19N3O5S/c1-25-13-8-12(9-14(10-13)26-2)6-7-18(24)27-11-17(23)20-15-4-3-5-16-19(15)22-28-21-16/h3-5,8-10H,6-7,11H2,1-2H3,(H,20,23). The Kier molecular flexibility index (Phi) is 6.38. The number of fused-ring (bicyclic) bond motifs is 1. The molecule has 1 heterocycles. The monoisotopic (exact) mass is 401 g/mol. The van der Waals surface area contributed by atoms with E-state index in [0.29, 0.717) is 34.6 Å². The molecule has 8 nitrogen and oxygen atoms in total. The van der Waals surface area contributed by atoms with Crippen molar-refractivity contribution in [1.29, 1.82) is 0 Å². The first-order valence-corrected chi connectivity index (χ1v) is 9.21. The molecule has 0 spiro atoms. The normalized spacial score (nSPS) is 10.5. The van der Waals surface area contributed by atoms with E-state index in [1.165, 1.54) is 0 Å². The van der Waals surface area contributed by atoms with E-state index in [1.54, 1.807) is 32.4 Å². The quantitative estimate of drug-likeness (QED) is 0.579. The fraction of sp³-hybridized carbons (Fsp3) is 0.263. The van der Waals surface area contributed by atoms with Gasteiger partial charge in [-0.25, -0.2) is 0 Å². The third-order valence-electron chi connectivity index (χ3n) is 3.95. The molecule has 0 aliphatic rings.